The lowest BCUT2D eigenvalue weighted by atomic mass is 10.1. The van der Waals surface area contributed by atoms with Crippen molar-refractivity contribution in [2.45, 2.75) is 12.3 Å². The Hall–Kier alpha value is -3.33. The van der Waals surface area contributed by atoms with E-state index < -0.39 is 17.8 Å². The zero-order valence-corrected chi connectivity index (χ0v) is 14.6. The molecule has 0 saturated carbocycles. The lowest BCUT2D eigenvalue weighted by Crippen LogP contribution is -2.12. The van der Waals surface area contributed by atoms with E-state index in [9.17, 15) is 13.2 Å². The summed E-state index contributed by atoms with van der Waals surface area (Å²) in [5, 5.41) is 4.10. The van der Waals surface area contributed by atoms with Crippen LogP contribution in [0.15, 0.2) is 66.9 Å². The number of nitrogens with one attached hydrogen (secondary N) is 1. The molecule has 1 aromatic carbocycles. The molecule has 0 amide bonds. The first-order valence-corrected chi connectivity index (χ1v) is 8.32. The Morgan fingerprint density at radius 3 is 2.50 bits per heavy atom. The molecule has 0 fully saturated rings. The van der Waals surface area contributed by atoms with Gasteiger partial charge in [0.15, 0.2) is 0 Å². The number of hydrogen-bond donors (Lipinski definition) is 1. The predicted molar refractivity (Wildman–Crippen MR) is 93.6 cm³/mol. The Morgan fingerprint density at radius 2 is 1.89 bits per heavy atom. The quantitative estimate of drug-likeness (QED) is 0.732. The summed E-state index contributed by atoms with van der Waals surface area (Å²) in [5.74, 6) is 0.823. The minimum atomic E-state index is -4.37. The molecular formula is C19H15F3N4O2. The topological polar surface area (TPSA) is 61.2 Å². The number of hydroxylamine groups is 1. The minimum Gasteiger partial charge on any atom is -0.438 e. The first-order valence-electron chi connectivity index (χ1n) is 8.32. The molecule has 0 unspecified atom stereocenters. The SMILES string of the molecule is Cn1cc(-c2ccc(OC3=C[C@H](c4ccc(C(F)(F)F)cc4)ON3)cn2)cn1. The molecule has 0 bridgehead atoms. The van der Waals surface area contributed by atoms with Crippen LogP contribution in [-0.2, 0) is 18.1 Å². The number of benzene rings is 1. The van der Waals surface area contributed by atoms with Crippen LogP contribution in [0.1, 0.15) is 17.2 Å². The molecule has 6 nitrogen and oxygen atoms in total. The summed E-state index contributed by atoms with van der Waals surface area (Å²) < 4.78 is 45.3. The van der Waals surface area contributed by atoms with Crippen LogP contribution < -0.4 is 10.2 Å². The third-order valence-electron chi connectivity index (χ3n) is 4.12. The monoisotopic (exact) mass is 388 g/mol. The average Bonchev–Trinajstić information content (AvgIpc) is 3.31. The Bertz CT molecular complexity index is 995. The summed E-state index contributed by atoms with van der Waals surface area (Å²) in [6.45, 7) is 0. The van der Waals surface area contributed by atoms with Crippen molar-refractivity contribution in [1.29, 1.82) is 0 Å². The second-order valence-corrected chi connectivity index (χ2v) is 6.18. The van der Waals surface area contributed by atoms with E-state index in [4.69, 9.17) is 9.57 Å². The molecule has 0 radical (unpaired) electrons. The summed E-state index contributed by atoms with van der Waals surface area (Å²) in [7, 11) is 1.83. The predicted octanol–water partition coefficient (Wildman–Crippen LogP) is 4.00. The van der Waals surface area contributed by atoms with Crippen LogP contribution >= 0.6 is 0 Å². The van der Waals surface area contributed by atoms with Crippen molar-refractivity contribution in [3.05, 3.63) is 78.1 Å². The Balaban J connectivity index is 1.43. The molecule has 0 spiro atoms. The van der Waals surface area contributed by atoms with E-state index in [1.807, 2.05) is 13.2 Å². The van der Waals surface area contributed by atoms with Crippen LogP contribution in [0, 0.1) is 0 Å². The van der Waals surface area contributed by atoms with Crippen LogP contribution in [-0.4, -0.2) is 14.8 Å². The van der Waals surface area contributed by atoms with Gasteiger partial charge in [0.1, 0.15) is 11.9 Å². The molecular weight excluding hydrogens is 373 g/mol. The van der Waals surface area contributed by atoms with Gasteiger partial charge in [0.2, 0.25) is 5.88 Å². The maximum atomic E-state index is 12.7. The standard InChI is InChI=1S/C19H15F3N4O2/c1-26-11-13(9-24-26)16-7-6-15(10-23-16)27-18-8-17(28-25-18)12-2-4-14(5-3-12)19(20,21)22/h2-11,17,25H,1H3/t17-/m1/s1. The van der Waals surface area contributed by atoms with Crippen molar-refractivity contribution in [2.24, 2.45) is 7.05 Å². The Kier molecular flexibility index (Phi) is 4.52. The van der Waals surface area contributed by atoms with Crippen LogP contribution in [0.4, 0.5) is 13.2 Å². The van der Waals surface area contributed by atoms with E-state index in [1.165, 1.54) is 12.1 Å². The van der Waals surface area contributed by atoms with Crippen molar-refractivity contribution < 1.29 is 22.7 Å². The third-order valence-corrected chi connectivity index (χ3v) is 4.12. The fourth-order valence-electron chi connectivity index (χ4n) is 2.70. The molecule has 0 saturated heterocycles. The van der Waals surface area contributed by atoms with Crippen molar-refractivity contribution >= 4 is 0 Å². The lowest BCUT2D eigenvalue weighted by molar-refractivity contribution is -0.137. The van der Waals surface area contributed by atoms with Crippen molar-refractivity contribution in [3.63, 3.8) is 0 Å². The fourth-order valence-corrected chi connectivity index (χ4v) is 2.70. The van der Waals surface area contributed by atoms with Gasteiger partial charge in [-0.25, -0.2) is 5.48 Å². The van der Waals surface area contributed by atoms with Gasteiger partial charge < -0.3 is 4.74 Å². The number of rotatable bonds is 4. The number of nitrogens with zero attached hydrogens (tertiary/aromatic N) is 3. The maximum Gasteiger partial charge on any atom is 0.416 e. The fraction of sp³-hybridized carbons (Fsp3) is 0.158. The number of halogens is 3. The van der Waals surface area contributed by atoms with E-state index in [-0.39, 0.29) is 0 Å². The minimum absolute atomic E-state index is 0.334. The summed E-state index contributed by atoms with van der Waals surface area (Å²) in [6, 6.07) is 8.34. The average molecular weight is 388 g/mol. The van der Waals surface area contributed by atoms with Crippen LogP contribution in [0.3, 0.4) is 0 Å². The molecule has 0 aliphatic carbocycles. The van der Waals surface area contributed by atoms with Gasteiger partial charge in [0, 0.05) is 24.9 Å². The number of hydrogen-bond acceptors (Lipinski definition) is 5. The van der Waals surface area contributed by atoms with E-state index >= 15 is 0 Å². The van der Waals surface area contributed by atoms with Crippen LogP contribution in [0.2, 0.25) is 0 Å². The molecule has 1 N–H and O–H groups in total. The highest BCUT2D eigenvalue weighted by Gasteiger charge is 2.30. The van der Waals surface area contributed by atoms with Gasteiger partial charge >= 0.3 is 6.18 Å². The number of aryl methyl sites for hydroxylation is 1. The molecule has 1 aliphatic rings. The highest BCUT2D eigenvalue weighted by Crippen LogP contribution is 2.32. The smallest absolute Gasteiger partial charge is 0.416 e. The molecule has 1 aliphatic heterocycles. The number of pyridine rings is 1. The molecule has 3 aromatic rings. The van der Waals surface area contributed by atoms with Gasteiger partial charge in [0.25, 0.3) is 0 Å². The molecule has 4 rings (SSSR count). The summed E-state index contributed by atoms with van der Waals surface area (Å²) in [6.07, 6.45) is 1.85. The van der Waals surface area contributed by atoms with Crippen molar-refractivity contribution in [1.82, 2.24) is 20.2 Å². The molecule has 1 atom stereocenters. The molecule has 3 heterocycles. The molecule has 28 heavy (non-hydrogen) atoms. The summed E-state index contributed by atoms with van der Waals surface area (Å²) >= 11 is 0. The van der Waals surface area contributed by atoms with E-state index in [0.717, 1.165) is 23.4 Å². The van der Waals surface area contributed by atoms with Gasteiger partial charge in [-0.15, -0.1) is 0 Å². The highest BCUT2D eigenvalue weighted by atomic mass is 19.4. The number of alkyl halides is 3. The molecule has 144 valence electrons. The third kappa shape index (κ3) is 3.84. The van der Waals surface area contributed by atoms with Crippen LogP contribution in [0.5, 0.6) is 5.75 Å². The van der Waals surface area contributed by atoms with E-state index in [0.29, 0.717) is 17.2 Å². The molecule has 9 heteroatoms. The van der Waals surface area contributed by atoms with E-state index in [2.05, 4.69) is 15.6 Å². The first-order chi connectivity index (χ1) is 13.4. The molecule has 2 aromatic heterocycles. The normalized spacial score (nSPS) is 16.6. The second kappa shape index (κ2) is 7.01. The highest BCUT2D eigenvalue weighted by molar-refractivity contribution is 5.57. The maximum absolute atomic E-state index is 12.7. The number of aromatic nitrogens is 3. The summed E-state index contributed by atoms with van der Waals surface area (Å²) in [5.41, 5.74) is 4.14. The zero-order chi connectivity index (χ0) is 19.7. The second-order valence-electron chi connectivity index (χ2n) is 6.18. The Labute approximate surface area is 158 Å². The van der Waals surface area contributed by atoms with Crippen molar-refractivity contribution in [3.8, 4) is 17.0 Å². The van der Waals surface area contributed by atoms with Gasteiger partial charge in [-0.2, -0.15) is 18.3 Å². The van der Waals surface area contributed by atoms with Gasteiger partial charge in [0.05, 0.1) is 23.7 Å². The Morgan fingerprint density at radius 1 is 1.11 bits per heavy atom. The van der Waals surface area contributed by atoms with Gasteiger partial charge in [-0.3, -0.25) is 14.5 Å². The van der Waals surface area contributed by atoms with Crippen LogP contribution in [0.25, 0.3) is 11.3 Å². The van der Waals surface area contributed by atoms with Gasteiger partial charge in [-0.1, -0.05) is 12.1 Å². The lowest BCUT2D eigenvalue weighted by Gasteiger charge is -2.10. The number of ether oxygens (including phenoxy) is 1. The zero-order valence-electron chi connectivity index (χ0n) is 14.6. The largest absolute Gasteiger partial charge is 0.438 e. The van der Waals surface area contributed by atoms with Crippen molar-refractivity contribution in [2.75, 3.05) is 0 Å². The summed E-state index contributed by atoms with van der Waals surface area (Å²) in [4.78, 5) is 9.70. The van der Waals surface area contributed by atoms with E-state index in [1.54, 1.807) is 35.3 Å². The van der Waals surface area contributed by atoms with Gasteiger partial charge in [-0.05, 0) is 29.8 Å². The first kappa shape index (κ1) is 18.1.